The van der Waals surface area contributed by atoms with Crippen LogP contribution >= 0.6 is 0 Å². The molecular weight excluding hydrogens is 228 g/mol. The highest BCUT2D eigenvalue weighted by atomic mass is 16.3. The van der Waals surface area contributed by atoms with Crippen molar-refractivity contribution in [2.75, 3.05) is 18.9 Å². The number of aliphatic hydroxyl groups is 1. The van der Waals surface area contributed by atoms with Gasteiger partial charge in [-0.3, -0.25) is 4.79 Å². The Morgan fingerprint density at radius 3 is 2.83 bits per heavy atom. The van der Waals surface area contributed by atoms with Gasteiger partial charge >= 0.3 is 0 Å². The number of carbonyl (C=O) groups is 1. The van der Waals surface area contributed by atoms with Gasteiger partial charge in [0.05, 0.1) is 0 Å². The van der Waals surface area contributed by atoms with Gasteiger partial charge < -0.3 is 16.2 Å². The van der Waals surface area contributed by atoms with Crippen molar-refractivity contribution in [3.8, 4) is 0 Å². The molecule has 1 amide bonds. The van der Waals surface area contributed by atoms with Crippen LogP contribution in [0.25, 0.3) is 0 Å². The van der Waals surface area contributed by atoms with Gasteiger partial charge in [0.2, 0.25) is 0 Å². The summed E-state index contributed by atoms with van der Waals surface area (Å²) in [6, 6.07) is 5.27. The van der Waals surface area contributed by atoms with E-state index in [0.29, 0.717) is 23.7 Å². The van der Waals surface area contributed by atoms with Crippen LogP contribution in [0, 0.1) is 12.8 Å². The van der Waals surface area contributed by atoms with Crippen molar-refractivity contribution in [1.82, 2.24) is 5.32 Å². The maximum atomic E-state index is 11.8. The Labute approximate surface area is 108 Å². The number of nitrogens with two attached hydrogens (primary N) is 1. The van der Waals surface area contributed by atoms with Crippen LogP contribution in [0.3, 0.4) is 0 Å². The molecule has 1 aromatic carbocycles. The van der Waals surface area contributed by atoms with Gasteiger partial charge in [0.15, 0.2) is 0 Å². The highest BCUT2D eigenvalue weighted by Gasteiger charge is 2.06. The number of benzene rings is 1. The molecule has 0 aromatic heterocycles. The van der Waals surface area contributed by atoms with Gasteiger partial charge in [-0.15, -0.1) is 0 Å². The van der Waals surface area contributed by atoms with Crippen molar-refractivity contribution in [2.24, 2.45) is 5.92 Å². The molecule has 1 aromatic rings. The second-order valence-corrected chi connectivity index (χ2v) is 4.76. The number of hydrogen-bond donors (Lipinski definition) is 3. The molecule has 18 heavy (non-hydrogen) atoms. The maximum Gasteiger partial charge on any atom is 0.251 e. The molecule has 1 unspecified atom stereocenters. The number of rotatable bonds is 6. The number of hydrogen-bond acceptors (Lipinski definition) is 3. The van der Waals surface area contributed by atoms with E-state index in [1.54, 1.807) is 18.2 Å². The second kappa shape index (κ2) is 7.01. The molecule has 0 radical (unpaired) electrons. The highest BCUT2D eigenvalue weighted by Crippen LogP contribution is 2.12. The van der Waals surface area contributed by atoms with Gasteiger partial charge in [-0.25, -0.2) is 0 Å². The Hall–Kier alpha value is -1.55. The molecule has 0 saturated carbocycles. The molecule has 1 rings (SSSR count). The summed E-state index contributed by atoms with van der Waals surface area (Å²) in [6.45, 7) is 4.71. The number of nitrogens with one attached hydrogen (secondary N) is 1. The fourth-order valence-electron chi connectivity index (χ4n) is 1.66. The molecule has 0 aliphatic carbocycles. The minimum absolute atomic E-state index is 0.0743. The summed E-state index contributed by atoms with van der Waals surface area (Å²) in [5.74, 6) is 0.218. The fraction of sp³-hybridized carbons (Fsp3) is 0.500. The summed E-state index contributed by atoms with van der Waals surface area (Å²) < 4.78 is 0. The molecular formula is C14H22N2O2. The Kier molecular flexibility index (Phi) is 5.65. The number of anilines is 1. The second-order valence-electron chi connectivity index (χ2n) is 4.76. The standard InChI is InChI=1S/C14H22N2O2/c1-10(9-17)4-3-7-16-14(18)12-5-6-13(15)11(2)8-12/h5-6,8,10,17H,3-4,7,9,15H2,1-2H3,(H,16,18). The van der Waals surface area contributed by atoms with Gasteiger partial charge in [0.25, 0.3) is 5.91 Å². The number of nitrogen functional groups attached to an aromatic ring is 1. The lowest BCUT2D eigenvalue weighted by molar-refractivity contribution is 0.0952. The highest BCUT2D eigenvalue weighted by molar-refractivity contribution is 5.94. The van der Waals surface area contributed by atoms with Crippen molar-refractivity contribution in [3.05, 3.63) is 29.3 Å². The number of amides is 1. The van der Waals surface area contributed by atoms with Crippen molar-refractivity contribution in [2.45, 2.75) is 26.7 Å². The van der Waals surface area contributed by atoms with E-state index in [9.17, 15) is 4.79 Å². The van der Waals surface area contributed by atoms with E-state index in [1.165, 1.54) is 0 Å². The van der Waals surface area contributed by atoms with E-state index in [4.69, 9.17) is 10.8 Å². The van der Waals surface area contributed by atoms with Crippen LogP contribution in [-0.2, 0) is 0 Å². The van der Waals surface area contributed by atoms with Gasteiger partial charge in [0, 0.05) is 24.4 Å². The Morgan fingerprint density at radius 1 is 1.50 bits per heavy atom. The van der Waals surface area contributed by atoms with E-state index >= 15 is 0 Å². The summed E-state index contributed by atoms with van der Waals surface area (Å²) in [5.41, 5.74) is 7.95. The average molecular weight is 250 g/mol. The largest absolute Gasteiger partial charge is 0.399 e. The zero-order chi connectivity index (χ0) is 13.5. The monoisotopic (exact) mass is 250 g/mol. The molecule has 1 atom stereocenters. The lowest BCUT2D eigenvalue weighted by Crippen LogP contribution is -2.25. The lowest BCUT2D eigenvalue weighted by atomic mass is 10.1. The Bertz CT molecular complexity index is 405. The van der Waals surface area contributed by atoms with E-state index in [0.717, 1.165) is 18.4 Å². The first-order valence-electron chi connectivity index (χ1n) is 6.29. The lowest BCUT2D eigenvalue weighted by Gasteiger charge is -2.09. The third-order valence-corrected chi connectivity index (χ3v) is 3.00. The molecule has 4 N–H and O–H groups in total. The fourth-order valence-corrected chi connectivity index (χ4v) is 1.66. The maximum absolute atomic E-state index is 11.8. The third-order valence-electron chi connectivity index (χ3n) is 3.00. The molecule has 0 aliphatic rings. The van der Waals surface area contributed by atoms with Crippen LogP contribution in [0.15, 0.2) is 18.2 Å². The molecule has 0 spiro atoms. The van der Waals surface area contributed by atoms with Crippen LogP contribution in [0.1, 0.15) is 35.7 Å². The normalized spacial score (nSPS) is 12.2. The predicted molar refractivity (Wildman–Crippen MR) is 73.4 cm³/mol. The molecule has 0 bridgehead atoms. The molecule has 4 heteroatoms. The molecule has 0 aliphatic heterocycles. The minimum Gasteiger partial charge on any atom is -0.399 e. The Morgan fingerprint density at radius 2 is 2.22 bits per heavy atom. The van der Waals surface area contributed by atoms with Crippen molar-refractivity contribution in [3.63, 3.8) is 0 Å². The van der Waals surface area contributed by atoms with E-state index in [-0.39, 0.29) is 12.5 Å². The topological polar surface area (TPSA) is 75.3 Å². The van der Waals surface area contributed by atoms with Crippen LogP contribution in [-0.4, -0.2) is 24.2 Å². The van der Waals surface area contributed by atoms with Crippen LogP contribution in [0.4, 0.5) is 5.69 Å². The summed E-state index contributed by atoms with van der Waals surface area (Å²) in [6.07, 6.45) is 1.79. The van der Waals surface area contributed by atoms with Gasteiger partial charge in [-0.2, -0.15) is 0 Å². The smallest absolute Gasteiger partial charge is 0.251 e. The van der Waals surface area contributed by atoms with Crippen LogP contribution in [0.5, 0.6) is 0 Å². The zero-order valence-electron chi connectivity index (χ0n) is 11.1. The number of aryl methyl sites for hydroxylation is 1. The van der Waals surface area contributed by atoms with Crippen LogP contribution in [0.2, 0.25) is 0 Å². The summed E-state index contributed by atoms with van der Waals surface area (Å²) >= 11 is 0. The predicted octanol–water partition coefficient (Wildman–Crippen LogP) is 1.72. The number of aliphatic hydroxyl groups excluding tert-OH is 1. The molecule has 0 saturated heterocycles. The molecule has 0 fully saturated rings. The first kappa shape index (κ1) is 14.5. The third kappa shape index (κ3) is 4.37. The zero-order valence-corrected chi connectivity index (χ0v) is 11.1. The SMILES string of the molecule is Cc1cc(C(=O)NCCCC(C)CO)ccc1N. The number of carbonyl (C=O) groups excluding carboxylic acids is 1. The van der Waals surface area contributed by atoms with Crippen molar-refractivity contribution in [1.29, 1.82) is 0 Å². The van der Waals surface area contributed by atoms with E-state index in [1.807, 2.05) is 13.8 Å². The summed E-state index contributed by atoms with van der Waals surface area (Å²) in [7, 11) is 0. The first-order chi connectivity index (χ1) is 8.54. The van der Waals surface area contributed by atoms with Crippen molar-refractivity contribution >= 4 is 11.6 Å². The van der Waals surface area contributed by atoms with Crippen LogP contribution < -0.4 is 11.1 Å². The quantitative estimate of drug-likeness (QED) is 0.531. The summed E-state index contributed by atoms with van der Waals surface area (Å²) in [4.78, 5) is 11.8. The van der Waals surface area contributed by atoms with Crippen molar-refractivity contribution < 1.29 is 9.90 Å². The Balaban J connectivity index is 2.39. The van der Waals surface area contributed by atoms with E-state index < -0.39 is 0 Å². The molecule has 4 nitrogen and oxygen atoms in total. The molecule has 100 valence electrons. The van der Waals surface area contributed by atoms with E-state index in [2.05, 4.69) is 5.32 Å². The van der Waals surface area contributed by atoms with Gasteiger partial charge in [-0.1, -0.05) is 6.92 Å². The van der Waals surface area contributed by atoms with Gasteiger partial charge in [-0.05, 0) is 49.4 Å². The summed E-state index contributed by atoms with van der Waals surface area (Å²) in [5, 5.41) is 11.7. The average Bonchev–Trinajstić information content (AvgIpc) is 2.37. The first-order valence-corrected chi connectivity index (χ1v) is 6.29. The minimum atomic E-state index is -0.0743. The molecule has 0 heterocycles. The van der Waals surface area contributed by atoms with Gasteiger partial charge in [0.1, 0.15) is 0 Å².